The molecule has 2 aliphatic rings. The summed E-state index contributed by atoms with van der Waals surface area (Å²) in [5, 5.41) is 14.9. The largest absolute Gasteiger partial charge is 0.493 e. The number of H-pyrrole nitrogens is 1. The standard InChI is InChI=1S/C26H39N5O2S.C2HF3O2/c1-5-6-12-27-25(34)30-20-9-10-26(19-7-8-22(32-3)23(14-19)33-4)11-13-31(24(26)15-20)16-21-18(2)28-17-29-21;3-2(4,5)1(6)7/h7-8,14,17,20,24H,5-6,9-13,15-16H2,1-4H3,(H,28,29)(H2,27,30,34);(H,6,7)/t20-,24+,26+;/m1./s1. The molecule has 1 saturated heterocycles. The third-order valence-corrected chi connectivity index (χ3v) is 8.27. The van der Waals surface area contributed by atoms with Gasteiger partial charge < -0.3 is 30.2 Å². The Morgan fingerprint density at radius 3 is 2.56 bits per heavy atom. The van der Waals surface area contributed by atoms with Crippen molar-refractivity contribution in [1.29, 1.82) is 0 Å². The summed E-state index contributed by atoms with van der Waals surface area (Å²) in [6.07, 6.45) is 3.39. The number of nitrogens with zero attached hydrogens (tertiary/aromatic N) is 2. The molecule has 3 atom stereocenters. The highest BCUT2D eigenvalue weighted by Crippen LogP contribution is 2.50. The number of aromatic amines is 1. The molecule has 0 unspecified atom stereocenters. The predicted octanol–water partition coefficient (Wildman–Crippen LogP) is 4.70. The van der Waals surface area contributed by atoms with Gasteiger partial charge in [0.1, 0.15) is 0 Å². The van der Waals surface area contributed by atoms with Crippen molar-refractivity contribution in [1.82, 2.24) is 25.5 Å². The Morgan fingerprint density at radius 1 is 1.27 bits per heavy atom. The summed E-state index contributed by atoms with van der Waals surface area (Å²) < 4.78 is 42.9. The van der Waals surface area contributed by atoms with Crippen molar-refractivity contribution in [3.8, 4) is 11.5 Å². The zero-order valence-corrected chi connectivity index (χ0v) is 24.8. The van der Waals surface area contributed by atoms with Crippen molar-refractivity contribution in [2.24, 2.45) is 0 Å². The van der Waals surface area contributed by atoms with E-state index in [0.29, 0.717) is 12.1 Å². The smallest absolute Gasteiger partial charge is 0.490 e. The van der Waals surface area contributed by atoms with Crippen LogP contribution in [0.4, 0.5) is 13.2 Å². The molecule has 1 aliphatic heterocycles. The highest BCUT2D eigenvalue weighted by molar-refractivity contribution is 7.80. The lowest BCUT2D eigenvalue weighted by Crippen LogP contribution is -2.53. The number of ether oxygens (including phenoxy) is 2. The number of hydrogen-bond donors (Lipinski definition) is 4. The minimum absolute atomic E-state index is 0.0825. The number of rotatable bonds is 9. The molecule has 0 spiro atoms. The Balaban J connectivity index is 0.000000587. The second kappa shape index (κ2) is 14.2. The van der Waals surface area contributed by atoms with Gasteiger partial charge in [-0.1, -0.05) is 19.4 Å². The summed E-state index contributed by atoms with van der Waals surface area (Å²) >= 11 is 5.61. The number of nitrogens with one attached hydrogen (secondary N) is 3. The lowest BCUT2D eigenvalue weighted by molar-refractivity contribution is -0.192. The molecule has 228 valence electrons. The van der Waals surface area contributed by atoms with Gasteiger partial charge in [0.15, 0.2) is 16.6 Å². The molecule has 13 heteroatoms. The number of carboxylic acids is 1. The SMILES string of the molecule is CCCCNC(=S)N[C@@H]1CC[C@@]2(c3ccc(OC)c(OC)c3)CCN(Cc3nc[nH]c3C)[C@H]2C1.O=C(O)C(F)(F)F. The maximum atomic E-state index is 10.6. The summed E-state index contributed by atoms with van der Waals surface area (Å²) in [4.78, 5) is 19.4. The second-order valence-corrected chi connectivity index (χ2v) is 10.9. The fourth-order valence-electron chi connectivity index (χ4n) is 5.80. The number of unbranched alkanes of at least 4 members (excludes halogenated alkanes) is 1. The Bertz CT molecular complexity index is 1180. The summed E-state index contributed by atoms with van der Waals surface area (Å²) in [5.41, 5.74) is 3.71. The number of hydrogen-bond acceptors (Lipinski definition) is 6. The van der Waals surface area contributed by atoms with Crippen molar-refractivity contribution < 1.29 is 32.5 Å². The van der Waals surface area contributed by atoms with Crippen LogP contribution in [-0.2, 0) is 16.8 Å². The van der Waals surface area contributed by atoms with Crippen LogP contribution in [-0.4, -0.2) is 76.6 Å². The van der Waals surface area contributed by atoms with E-state index in [1.165, 1.54) is 5.56 Å². The van der Waals surface area contributed by atoms with Gasteiger partial charge in [-0.25, -0.2) is 9.78 Å². The molecular formula is C28H40F3N5O4S. The third kappa shape index (κ3) is 8.03. The number of aryl methyl sites for hydroxylation is 1. The predicted molar refractivity (Wildman–Crippen MR) is 153 cm³/mol. The molecule has 9 nitrogen and oxygen atoms in total. The number of aromatic nitrogens is 2. The molecule has 1 aromatic heterocycles. The van der Waals surface area contributed by atoms with E-state index >= 15 is 0 Å². The second-order valence-electron chi connectivity index (χ2n) is 10.5. The number of aliphatic carboxylic acids is 1. The maximum Gasteiger partial charge on any atom is 0.490 e. The number of likely N-dealkylation sites (tertiary alicyclic amines) is 1. The van der Waals surface area contributed by atoms with Crippen molar-refractivity contribution in [2.45, 2.75) is 82.6 Å². The number of halogens is 3. The van der Waals surface area contributed by atoms with Gasteiger partial charge >= 0.3 is 12.1 Å². The van der Waals surface area contributed by atoms with E-state index in [9.17, 15) is 13.2 Å². The number of carbonyl (C=O) groups is 1. The van der Waals surface area contributed by atoms with Gasteiger partial charge in [-0.2, -0.15) is 13.2 Å². The number of imidazole rings is 1. The van der Waals surface area contributed by atoms with Crippen LogP contribution in [0.25, 0.3) is 0 Å². The molecule has 4 N–H and O–H groups in total. The summed E-state index contributed by atoms with van der Waals surface area (Å²) in [7, 11) is 3.40. The molecule has 0 amide bonds. The Morgan fingerprint density at radius 2 is 1.98 bits per heavy atom. The topological polar surface area (TPSA) is 112 Å². The molecule has 2 fully saturated rings. The number of methoxy groups -OCH3 is 2. The number of benzene rings is 1. The van der Waals surface area contributed by atoms with Crippen molar-refractivity contribution >= 4 is 23.3 Å². The number of carboxylic acid groups (broad SMARTS) is 1. The molecule has 1 saturated carbocycles. The van der Waals surface area contributed by atoms with Crippen LogP contribution in [0.3, 0.4) is 0 Å². The zero-order chi connectivity index (χ0) is 30.2. The number of alkyl halides is 3. The molecule has 2 aromatic rings. The number of thiocarbonyl (C=S) groups is 1. The average Bonchev–Trinajstić information content (AvgIpc) is 3.51. The lowest BCUT2D eigenvalue weighted by atomic mass is 9.65. The summed E-state index contributed by atoms with van der Waals surface area (Å²) in [6.45, 7) is 7.14. The fraction of sp³-hybridized carbons (Fsp3) is 0.607. The zero-order valence-electron chi connectivity index (χ0n) is 23.9. The molecule has 1 aliphatic carbocycles. The van der Waals surface area contributed by atoms with Crippen LogP contribution in [0.1, 0.15) is 62.4 Å². The van der Waals surface area contributed by atoms with Gasteiger partial charge in [0.05, 0.1) is 26.2 Å². The minimum atomic E-state index is -5.08. The lowest BCUT2D eigenvalue weighted by Gasteiger charge is -2.45. The number of fused-ring (bicyclic) bond motifs is 1. The Labute approximate surface area is 244 Å². The van der Waals surface area contributed by atoms with Gasteiger partial charge in [0.2, 0.25) is 0 Å². The van der Waals surface area contributed by atoms with Crippen LogP contribution in [0.15, 0.2) is 24.5 Å². The highest BCUT2D eigenvalue weighted by atomic mass is 32.1. The summed E-state index contributed by atoms with van der Waals surface area (Å²) in [5.74, 6) is -1.18. The van der Waals surface area contributed by atoms with E-state index in [0.717, 1.165) is 86.2 Å². The van der Waals surface area contributed by atoms with E-state index in [1.807, 2.05) is 0 Å². The first kappa shape index (κ1) is 32.5. The van der Waals surface area contributed by atoms with Crippen LogP contribution < -0.4 is 20.1 Å². The van der Waals surface area contributed by atoms with Gasteiger partial charge in [-0.05, 0) is 75.5 Å². The average molecular weight is 600 g/mol. The van der Waals surface area contributed by atoms with Gasteiger partial charge in [0, 0.05) is 36.3 Å². The molecular weight excluding hydrogens is 559 g/mol. The van der Waals surface area contributed by atoms with Crippen molar-refractivity contribution in [2.75, 3.05) is 27.3 Å². The Kier molecular flexibility index (Phi) is 11.3. The molecule has 4 rings (SSSR count). The van der Waals surface area contributed by atoms with Gasteiger partial charge in [-0.15, -0.1) is 0 Å². The van der Waals surface area contributed by atoms with E-state index < -0.39 is 12.1 Å². The first-order valence-corrected chi connectivity index (χ1v) is 14.2. The third-order valence-electron chi connectivity index (χ3n) is 8.01. The molecule has 41 heavy (non-hydrogen) atoms. The van der Waals surface area contributed by atoms with Crippen LogP contribution >= 0.6 is 12.2 Å². The van der Waals surface area contributed by atoms with Crippen LogP contribution in [0.5, 0.6) is 11.5 Å². The maximum absolute atomic E-state index is 10.6. The normalized spacial score (nSPS) is 22.2. The molecule has 2 heterocycles. The van der Waals surface area contributed by atoms with E-state index in [2.05, 4.69) is 57.5 Å². The van der Waals surface area contributed by atoms with Crippen molar-refractivity contribution in [3.05, 3.63) is 41.5 Å². The molecule has 1 aromatic carbocycles. The quantitative estimate of drug-likeness (QED) is 0.241. The van der Waals surface area contributed by atoms with Crippen LogP contribution in [0.2, 0.25) is 0 Å². The Hall–Kier alpha value is -3.06. The van der Waals surface area contributed by atoms with Gasteiger partial charge in [-0.3, -0.25) is 4.90 Å². The van der Waals surface area contributed by atoms with Gasteiger partial charge in [0.25, 0.3) is 0 Å². The van der Waals surface area contributed by atoms with E-state index in [-0.39, 0.29) is 5.41 Å². The summed E-state index contributed by atoms with van der Waals surface area (Å²) in [6, 6.07) is 7.24. The van der Waals surface area contributed by atoms with E-state index in [4.69, 9.17) is 31.6 Å². The highest BCUT2D eigenvalue weighted by Gasteiger charge is 2.51. The first-order chi connectivity index (χ1) is 19.4. The first-order valence-electron chi connectivity index (χ1n) is 13.7. The molecule has 0 radical (unpaired) electrons. The fourth-order valence-corrected chi connectivity index (χ4v) is 6.07. The minimum Gasteiger partial charge on any atom is -0.493 e. The monoisotopic (exact) mass is 599 g/mol. The molecule has 0 bridgehead atoms. The van der Waals surface area contributed by atoms with Crippen LogP contribution in [0, 0.1) is 6.92 Å². The van der Waals surface area contributed by atoms with E-state index in [1.54, 1.807) is 20.5 Å². The van der Waals surface area contributed by atoms with Crippen molar-refractivity contribution in [3.63, 3.8) is 0 Å².